The number of hydrogen-bond donors (Lipinski definition) is 0. The van der Waals surface area contributed by atoms with Crippen molar-refractivity contribution in [3.63, 3.8) is 0 Å². The van der Waals surface area contributed by atoms with E-state index in [1.54, 1.807) is 73.7 Å². The van der Waals surface area contributed by atoms with E-state index in [-0.39, 0.29) is 11.7 Å². The molecule has 0 aliphatic carbocycles. The van der Waals surface area contributed by atoms with E-state index in [4.69, 9.17) is 9.47 Å². The topological polar surface area (TPSA) is 47.5 Å². The third-order valence-electron chi connectivity index (χ3n) is 3.76. The van der Waals surface area contributed by atoms with Crippen LogP contribution < -0.4 is 14.4 Å². The number of alkyl halides is 3. The Balaban J connectivity index is 1.97. The van der Waals surface area contributed by atoms with Gasteiger partial charge in [-0.2, -0.15) is 18.2 Å². The summed E-state index contributed by atoms with van der Waals surface area (Å²) in [6.07, 6.45) is -3.91. The summed E-state index contributed by atoms with van der Waals surface area (Å²) in [6.45, 7) is 0. The molecule has 2 aromatic carbocycles. The summed E-state index contributed by atoms with van der Waals surface area (Å²) in [5, 5.41) is 0. The van der Waals surface area contributed by atoms with E-state index in [1.165, 1.54) is 0 Å². The van der Waals surface area contributed by atoms with Crippen LogP contribution in [-0.2, 0) is 6.18 Å². The number of methoxy groups -OCH3 is 1. The highest BCUT2D eigenvalue weighted by Crippen LogP contribution is 2.37. The zero-order valence-corrected chi connectivity index (χ0v) is 14.6. The lowest BCUT2D eigenvalue weighted by Crippen LogP contribution is -2.16. The van der Waals surface area contributed by atoms with E-state index < -0.39 is 17.6 Å². The molecule has 1 aromatic heterocycles. The molecule has 0 N–H and O–H groups in total. The van der Waals surface area contributed by atoms with Crippen molar-refractivity contribution >= 4 is 11.6 Å². The molecule has 27 heavy (non-hydrogen) atoms. The first-order chi connectivity index (χ1) is 12.9. The molecule has 0 saturated heterocycles. The molecule has 0 amide bonds. The van der Waals surface area contributed by atoms with Gasteiger partial charge in [0.25, 0.3) is 0 Å². The fraction of sp³-hybridized carbons (Fsp3) is 0.158. The number of ether oxygens (including phenoxy) is 2. The standard InChI is InChI=1S/C19H16F3N3O2/c1-25(13-8-10-14(26-2)11-9-13)18-23-12-16(19(20,21)22)17(24-18)27-15-6-4-3-5-7-15/h3-12H,1-2H3. The molecule has 0 bridgehead atoms. The molecule has 0 radical (unpaired) electrons. The van der Waals surface area contributed by atoms with E-state index in [0.29, 0.717) is 11.4 Å². The van der Waals surface area contributed by atoms with Gasteiger partial charge in [-0.1, -0.05) is 18.2 Å². The lowest BCUT2D eigenvalue weighted by Gasteiger charge is -2.19. The summed E-state index contributed by atoms with van der Waals surface area (Å²) >= 11 is 0. The molecule has 0 atom stereocenters. The average molecular weight is 375 g/mol. The van der Waals surface area contributed by atoms with Crippen molar-refractivity contribution in [3.05, 3.63) is 66.4 Å². The van der Waals surface area contributed by atoms with E-state index in [2.05, 4.69) is 9.97 Å². The smallest absolute Gasteiger partial charge is 0.423 e. The van der Waals surface area contributed by atoms with Gasteiger partial charge in [0, 0.05) is 18.9 Å². The van der Waals surface area contributed by atoms with Gasteiger partial charge < -0.3 is 14.4 Å². The fourth-order valence-corrected chi connectivity index (χ4v) is 2.31. The molecule has 0 saturated carbocycles. The van der Waals surface area contributed by atoms with Crippen LogP contribution in [0.1, 0.15) is 5.56 Å². The molecule has 1 heterocycles. The number of benzene rings is 2. The number of hydrogen-bond acceptors (Lipinski definition) is 5. The Kier molecular flexibility index (Phi) is 5.16. The molecule has 0 fully saturated rings. The molecule has 0 spiro atoms. The minimum absolute atomic E-state index is 0.0686. The largest absolute Gasteiger partial charge is 0.497 e. The third-order valence-corrected chi connectivity index (χ3v) is 3.76. The van der Waals surface area contributed by atoms with E-state index >= 15 is 0 Å². The van der Waals surface area contributed by atoms with Crippen LogP contribution in [0, 0.1) is 0 Å². The summed E-state index contributed by atoms with van der Waals surface area (Å²) in [5.74, 6) is 0.423. The molecule has 0 aliphatic rings. The second-order valence-electron chi connectivity index (χ2n) is 5.56. The summed E-state index contributed by atoms with van der Waals surface area (Å²) in [5.41, 5.74) is -0.362. The number of aromatic nitrogens is 2. The third kappa shape index (κ3) is 4.28. The van der Waals surface area contributed by atoms with Crippen LogP contribution >= 0.6 is 0 Å². The van der Waals surface area contributed by atoms with Gasteiger partial charge in [0.15, 0.2) is 0 Å². The molecule has 140 valence electrons. The van der Waals surface area contributed by atoms with Gasteiger partial charge in [0.1, 0.15) is 17.1 Å². The molecule has 3 aromatic rings. The first kappa shape index (κ1) is 18.5. The molecular weight excluding hydrogens is 359 g/mol. The molecule has 0 unspecified atom stereocenters. The van der Waals surface area contributed by atoms with E-state index in [0.717, 1.165) is 6.20 Å². The van der Waals surface area contributed by atoms with Crippen molar-refractivity contribution in [2.24, 2.45) is 0 Å². The highest BCUT2D eigenvalue weighted by Gasteiger charge is 2.36. The molecule has 3 rings (SSSR count). The molecule has 0 aliphatic heterocycles. The fourth-order valence-electron chi connectivity index (χ4n) is 2.31. The summed E-state index contributed by atoms with van der Waals surface area (Å²) in [6, 6.07) is 15.1. The monoisotopic (exact) mass is 375 g/mol. The second kappa shape index (κ2) is 7.53. The van der Waals surface area contributed by atoms with E-state index in [9.17, 15) is 13.2 Å². The highest BCUT2D eigenvalue weighted by molar-refractivity contribution is 5.58. The summed E-state index contributed by atoms with van der Waals surface area (Å²) in [7, 11) is 3.20. The van der Waals surface area contributed by atoms with Crippen molar-refractivity contribution in [2.45, 2.75) is 6.18 Å². The zero-order chi connectivity index (χ0) is 19.4. The van der Waals surface area contributed by atoms with Crippen LogP contribution in [0.2, 0.25) is 0 Å². The minimum Gasteiger partial charge on any atom is -0.497 e. The van der Waals surface area contributed by atoms with Crippen LogP contribution in [0.15, 0.2) is 60.8 Å². The first-order valence-corrected chi connectivity index (χ1v) is 7.93. The molecular formula is C19H16F3N3O2. The summed E-state index contributed by atoms with van der Waals surface area (Å²) in [4.78, 5) is 9.40. The second-order valence-corrected chi connectivity index (χ2v) is 5.56. The van der Waals surface area contributed by atoms with Crippen molar-refractivity contribution < 1.29 is 22.6 Å². The van der Waals surface area contributed by atoms with Gasteiger partial charge in [-0.25, -0.2) is 4.98 Å². The van der Waals surface area contributed by atoms with Crippen LogP contribution in [0.25, 0.3) is 0 Å². The molecule has 8 heteroatoms. The lowest BCUT2D eigenvalue weighted by molar-refractivity contribution is -0.139. The Morgan fingerprint density at radius 3 is 2.19 bits per heavy atom. The van der Waals surface area contributed by atoms with Gasteiger partial charge >= 0.3 is 6.18 Å². The predicted molar refractivity (Wildman–Crippen MR) is 94.6 cm³/mol. The minimum atomic E-state index is -4.64. The maximum atomic E-state index is 13.3. The SMILES string of the molecule is COc1ccc(N(C)c2ncc(C(F)(F)F)c(Oc3ccccc3)n2)cc1. The van der Waals surface area contributed by atoms with Crippen LogP contribution in [-0.4, -0.2) is 24.1 Å². The Labute approximate surface area is 154 Å². The van der Waals surface area contributed by atoms with Gasteiger partial charge in [0.05, 0.1) is 7.11 Å². The Bertz CT molecular complexity index is 900. The van der Waals surface area contributed by atoms with Crippen molar-refractivity contribution in [3.8, 4) is 17.4 Å². The average Bonchev–Trinajstić information content (AvgIpc) is 2.67. The Morgan fingerprint density at radius 1 is 0.926 bits per heavy atom. The normalized spacial score (nSPS) is 11.1. The summed E-state index contributed by atoms with van der Waals surface area (Å²) < 4.78 is 50.4. The number of halogens is 3. The number of para-hydroxylation sites is 1. The lowest BCUT2D eigenvalue weighted by atomic mass is 10.3. The van der Waals surface area contributed by atoms with Gasteiger partial charge in [-0.05, 0) is 36.4 Å². The Hall–Kier alpha value is -3.29. The number of rotatable bonds is 5. The van der Waals surface area contributed by atoms with Gasteiger partial charge in [0.2, 0.25) is 11.8 Å². The van der Waals surface area contributed by atoms with E-state index in [1.807, 2.05) is 0 Å². The van der Waals surface area contributed by atoms with Crippen LogP contribution in [0.4, 0.5) is 24.8 Å². The molecule has 5 nitrogen and oxygen atoms in total. The number of nitrogens with zero attached hydrogens (tertiary/aromatic N) is 3. The predicted octanol–water partition coefficient (Wildman–Crippen LogP) is 5.06. The van der Waals surface area contributed by atoms with Crippen LogP contribution in [0.3, 0.4) is 0 Å². The van der Waals surface area contributed by atoms with Crippen molar-refractivity contribution in [1.29, 1.82) is 0 Å². The quantitative estimate of drug-likeness (QED) is 0.624. The Morgan fingerprint density at radius 2 is 1.59 bits per heavy atom. The number of anilines is 2. The first-order valence-electron chi connectivity index (χ1n) is 7.93. The van der Waals surface area contributed by atoms with Crippen LogP contribution in [0.5, 0.6) is 17.4 Å². The zero-order valence-electron chi connectivity index (χ0n) is 14.6. The van der Waals surface area contributed by atoms with Crippen molar-refractivity contribution in [1.82, 2.24) is 9.97 Å². The highest BCUT2D eigenvalue weighted by atomic mass is 19.4. The maximum absolute atomic E-state index is 13.3. The maximum Gasteiger partial charge on any atom is 0.423 e. The van der Waals surface area contributed by atoms with Gasteiger partial charge in [-0.3, -0.25) is 0 Å². The van der Waals surface area contributed by atoms with Gasteiger partial charge in [-0.15, -0.1) is 0 Å². The van der Waals surface area contributed by atoms with Crippen molar-refractivity contribution in [2.75, 3.05) is 19.1 Å².